The van der Waals surface area contributed by atoms with Crippen molar-refractivity contribution < 1.29 is 4.79 Å². The van der Waals surface area contributed by atoms with Gasteiger partial charge in [0.2, 0.25) is 0 Å². The maximum Gasteiger partial charge on any atom is 0.251 e. The summed E-state index contributed by atoms with van der Waals surface area (Å²) in [5.41, 5.74) is 5.64. The molecule has 0 heterocycles. The molecule has 1 amide bonds. The van der Waals surface area contributed by atoms with Crippen LogP contribution in [0.1, 0.15) is 103 Å². The van der Waals surface area contributed by atoms with Gasteiger partial charge in [0.1, 0.15) is 0 Å². The molecule has 3 rings (SSSR count). The number of nitrogens with one attached hydrogen (secondary N) is 1. The summed E-state index contributed by atoms with van der Waals surface area (Å²) in [5, 5.41) is 3.17. The van der Waals surface area contributed by atoms with Gasteiger partial charge in [0.15, 0.2) is 0 Å². The molecule has 0 aliphatic rings. The molecule has 0 aliphatic carbocycles. The van der Waals surface area contributed by atoms with Crippen LogP contribution in [-0.2, 0) is 6.42 Å². The molecule has 4 heteroatoms. The molecule has 0 aliphatic heterocycles. The quantitative estimate of drug-likeness (QED) is 0.209. The maximum absolute atomic E-state index is 13.4. The summed E-state index contributed by atoms with van der Waals surface area (Å²) < 4.78 is 0.421. The Balaban J connectivity index is 1.89. The average molecular weight is 604 g/mol. The topological polar surface area (TPSA) is 29.1 Å². The normalized spacial score (nSPS) is 13.6. The summed E-state index contributed by atoms with van der Waals surface area (Å²) in [6.07, 6.45) is 2.00. The number of benzene rings is 3. The second-order valence-corrected chi connectivity index (χ2v) is 19.1. The Labute approximate surface area is 265 Å². The number of hydrogen-bond acceptors (Lipinski definition) is 3. The lowest BCUT2D eigenvalue weighted by Gasteiger charge is -2.42. The van der Waals surface area contributed by atoms with E-state index in [0.29, 0.717) is 12.5 Å². The summed E-state index contributed by atoms with van der Waals surface area (Å²) in [4.78, 5) is 13.4. The van der Waals surface area contributed by atoms with E-state index in [1.807, 2.05) is 30.0 Å². The second-order valence-electron chi connectivity index (χ2n) is 14.7. The Morgan fingerprint density at radius 1 is 0.714 bits per heavy atom. The van der Waals surface area contributed by atoms with Crippen molar-refractivity contribution in [1.29, 1.82) is 0 Å². The molecule has 0 bridgehead atoms. The van der Waals surface area contributed by atoms with E-state index in [2.05, 4.69) is 147 Å². The van der Waals surface area contributed by atoms with E-state index < -0.39 is 0 Å². The Morgan fingerprint density at radius 2 is 1.29 bits per heavy atom. The van der Waals surface area contributed by atoms with E-state index in [1.54, 1.807) is 0 Å². The third-order valence-electron chi connectivity index (χ3n) is 7.44. The smallest absolute Gasteiger partial charge is 0.251 e. The number of carbonyl (C=O) groups excluding carboxylic acids is 1. The highest BCUT2D eigenvalue weighted by atomic mass is 32.2. The first-order valence-corrected chi connectivity index (χ1v) is 17.1. The fourth-order valence-corrected chi connectivity index (χ4v) is 8.68. The van der Waals surface area contributed by atoms with Gasteiger partial charge in [-0.1, -0.05) is 142 Å². The molecule has 0 aromatic heterocycles. The van der Waals surface area contributed by atoms with Crippen LogP contribution in [0.2, 0.25) is 0 Å². The van der Waals surface area contributed by atoms with Gasteiger partial charge in [-0.2, -0.15) is 11.8 Å². The molecule has 3 aromatic carbocycles. The molecule has 42 heavy (non-hydrogen) atoms. The Kier molecular flexibility index (Phi) is 11.5. The SMILES string of the molecule is CC(C)(Cc1ccccc1-c1ccccc1C(=O)NCCSC(C)(C)C)CC(c1ccccc1)C(C)(C)SC(C)(C)C. The number of thioether (sulfide) groups is 2. The fraction of sp³-hybridized carbons (Fsp3) is 0.500. The minimum absolute atomic E-state index is 0.000677. The minimum Gasteiger partial charge on any atom is -0.351 e. The molecule has 0 saturated heterocycles. The molecule has 3 aromatic rings. The van der Waals surface area contributed by atoms with Crippen molar-refractivity contribution >= 4 is 29.4 Å². The number of amides is 1. The molecular formula is C38H53NOS2. The predicted octanol–water partition coefficient (Wildman–Crippen LogP) is 10.7. The van der Waals surface area contributed by atoms with Crippen molar-refractivity contribution in [3.63, 3.8) is 0 Å². The first kappa shape index (κ1) is 34.3. The molecular weight excluding hydrogens is 551 g/mol. The zero-order valence-electron chi connectivity index (χ0n) is 27.6. The van der Waals surface area contributed by atoms with E-state index in [-0.39, 0.29) is 25.6 Å². The van der Waals surface area contributed by atoms with Crippen LogP contribution in [0.4, 0.5) is 0 Å². The van der Waals surface area contributed by atoms with Crippen LogP contribution in [0.15, 0.2) is 78.9 Å². The monoisotopic (exact) mass is 603 g/mol. The van der Waals surface area contributed by atoms with Gasteiger partial charge in [0.05, 0.1) is 0 Å². The van der Waals surface area contributed by atoms with Crippen molar-refractivity contribution in [1.82, 2.24) is 5.32 Å². The van der Waals surface area contributed by atoms with Gasteiger partial charge in [-0.15, -0.1) is 11.8 Å². The van der Waals surface area contributed by atoms with Crippen LogP contribution >= 0.6 is 23.5 Å². The second kappa shape index (κ2) is 14.1. The predicted molar refractivity (Wildman–Crippen MR) is 189 cm³/mol. The van der Waals surface area contributed by atoms with Gasteiger partial charge in [-0.25, -0.2) is 0 Å². The Morgan fingerprint density at radius 3 is 1.90 bits per heavy atom. The standard InChI is InChI=1S/C38H53NOS2/c1-35(2,3)41-25-24-39-34(40)32-23-17-16-22-31(32)30-21-15-14-20-29(30)26-37(7,8)27-33(28-18-12-11-13-19-28)38(9,10)42-36(4,5)6/h11-23,33H,24-27H2,1-10H3,(H,39,40). The first-order chi connectivity index (χ1) is 19.5. The first-order valence-electron chi connectivity index (χ1n) is 15.3. The zero-order chi connectivity index (χ0) is 31.2. The highest BCUT2D eigenvalue weighted by Crippen LogP contribution is 2.50. The maximum atomic E-state index is 13.4. The Hall–Kier alpha value is -2.17. The average Bonchev–Trinajstić information content (AvgIpc) is 2.88. The number of hydrogen-bond donors (Lipinski definition) is 1. The van der Waals surface area contributed by atoms with Gasteiger partial charge in [0.25, 0.3) is 5.91 Å². The van der Waals surface area contributed by atoms with Gasteiger partial charge in [0, 0.05) is 32.1 Å². The summed E-state index contributed by atoms with van der Waals surface area (Å²) in [7, 11) is 0. The summed E-state index contributed by atoms with van der Waals surface area (Å²) in [5.74, 6) is 1.29. The molecule has 0 spiro atoms. The molecule has 0 radical (unpaired) electrons. The summed E-state index contributed by atoms with van der Waals surface area (Å²) in [6, 6.07) is 27.8. The van der Waals surface area contributed by atoms with Crippen molar-refractivity contribution in [3.8, 4) is 11.1 Å². The van der Waals surface area contributed by atoms with Crippen LogP contribution in [0.3, 0.4) is 0 Å². The fourth-order valence-electron chi connectivity index (χ4n) is 5.92. The summed E-state index contributed by atoms with van der Waals surface area (Å²) >= 11 is 3.95. The Bertz CT molecular complexity index is 1300. The minimum atomic E-state index is -0.000677. The lowest BCUT2D eigenvalue weighted by molar-refractivity contribution is 0.0956. The van der Waals surface area contributed by atoms with E-state index >= 15 is 0 Å². The molecule has 228 valence electrons. The highest BCUT2D eigenvalue weighted by molar-refractivity contribution is 8.02. The van der Waals surface area contributed by atoms with Gasteiger partial charge in [-0.3, -0.25) is 4.79 Å². The van der Waals surface area contributed by atoms with Crippen LogP contribution < -0.4 is 5.32 Å². The van der Waals surface area contributed by atoms with Crippen LogP contribution in [0.25, 0.3) is 11.1 Å². The zero-order valence-corrected chi connectivity index (χ0v) is 29.3. The third-order valence-corrected chi connectivity index (χ3v) is 10.1. The lowest BCUT2D eigenvalue weighted by Crippen LogP contribution is -2.34. The van der Waals surface area contributed by atoms with E-state index in [1.165, 1.54) is 11.1 Å². The van der Waals surface area contributed by atoms with E-state index in [4.69, 9.17) is 0 Å². The van der Waals surface area contributed by atoms with Crippen molar-refractivity contribution in [3.05, 3.63) is 95.6 Å². The molecule has 2 nitrogen and oxygen atoms in total. The summed E-state index contributed by atoms with van der Waals surface area (Å²) in [6.45, 7) is 23.9. The molecule has 0 saturated carbocycles. The molecule has 1 N–H and O–H groups in total. The molecule has 1 atom stereocenters. The molecule has 0 fully saturated rings. The van der Waals surface area contributed by atoms with Crippen LogP contribution in [0, 0.1) is 5.41 Å². The highest BCUT2D eigenvalue weighted by Gasteiger charge is 2.38. The number of rotatable bonds is 12. The third kappa shape index (κ3) is 10.5. The van der Waals surface area contributed by atoms with Crippen molar-refractivity contribution in [2.45, 2.75) is 102 Å². The van der Waals surface area contributed by atoms with Gasteiger partial charge >= 0.3 is 0 Å². The van der Waals surface area contributed by atoms with Crippen LogP contribution in [0.5, 0.6) is 0 Å². The van der Waals surface area contributed by atoms with Crippen molar-refractivity contribution in [2.75, 3.05) is 12.3 Å². The molecule has 1 unspecified atom stereocenters. The van der Waals surface area contributed by atoms with Gasteiger partial charge in [-0.05, 0) is 52.5 Å². The van der Waals surface area contributed by atoms with E-state index in [0.717, 1.165) is 35.3 Å². The number of carbonyl (C=O) groups is 1. The van der Waals surface area contributed by atoms with Crippen molar-refractivity contribution in [2.24, 2.45) is 5.41 Å². The largest absolute Gasteiger partial charge is 0.351 e. The van der Waals surface area contributed by atoms with Crippen LogP contribution in [-0.4, -0.2) is 32.4 Å². The lowest BCUT2D eigenvalue weighted by atomic mass is 9.71. The van der Waals surface area contributed by atoms with E-state index in [9.17, 15) is 4.79 Å². The van der Waals surface area contributed by atoms with Gasteiger partial charge < -0.3 is 5.32 Å².